The van der Waals surface area contributed by atoms with Gasteiger partial charge in [-0.2, -0.15) is 0 Å². The minimum Gasteiger partial charge on any atom is -0.756 e. The lowest BCUT2D eigenvalue weighted by atomic mass is 10.0. The summed E-state index contributed by atoms with van der Waals surface area (Å²) in [6.07, 6.45) is 4.32. The summed E-state index contributed by atoms with van der Waals surface area (Å²) in [6, 6.07) is -0.782. The van der Waals surface area contributed by atoms with Crippen molar-refractivity contribution in [3.8, 4) is 0 Å². The molecular formula is C18H39N2O6P. The second-order valence-corrected chi connectivity index (χ2v) is 9.34. The van der Waals surface area contributed by atoms with E-state index in [2.05, 4.69) is 12.2 Å². The number of carbonyl (C=O) groups excluding carboxylic acids is 1. The van der Waals surface area contributed by atoms with Gasteiger partial charge in [0.15, 0.2) is 0 Å². The van der Waals surface area contributed by atoms with Crippen LogP contribution in [0.15, 0.2) is 0 Å². The van der Waals surface area contributed by atoms with E-state index in [-0.39, 0.29) is 19.1 Å². The van der Waals surface area contributed by atoms with Gasteiger partial charge >= 0.3 is 0 Å². The average molecular weight is 410 g/mol. The highest BCUT2D eigenvalue weighted by molar-refractivity contribution is 7.45. The molecule has 0 rings (SSSR count). The van der Waals surface area contributed by atoms with E-state index in [0.717, 1.165) is 32.1 Å². The molecule has 3 atom stereocenters. The number of phosphoric ester groups is 1. The molecule has 0 fully saturated rings. The summed E-state index contributed by atoms with van der Waals surface area (Å²) >= 11 is 0. The molecule has 27 heavy (non-hydrogen) atoms. The molecule has 0 aliphatic carbocycles. The first-order chi connectivity index (χ1) is 12.5. The van der Waals surface area contributed by atoms with Crippen LogP contribution in [-0.4, -0.2) is 68.5 Å². The van der Waals surface area contributed by atoms with Crippen molar-refractivity contribution in [2.75, 3.05) is 40.9 Å². The Morgan fingerprint density at radius 2 is 1.78 bits per heavy atom. The summed E-state index contributed by atoms with van der Waals surface area (Å²) in [6.45, 7) is 4.22. The molecule has 0 bridgehead atoms. The van der Waals surface area contributed by atoms with Crippen LogP contribution in [0.5, 0.6) is 0 Å². The van der Waals surface area contributed by atoms with Gasteiger partial charge in [-0.25, -0.2) is 0 Å². The number of amides is 1. The Morgan fingerprint density at radius 3 is 2.33 bits per heavy atom. The second kappa shape index (κ2) is 13.6. The lowest BCUT2D eigenvalue weighted by molar-refractivity contribution is -0.870. The maximum atomic E-state index is 12.0. The van der Waals surface area contributed by atoms with Crippen molar-refractivity contribution in [1.29, 1.82) is 0 Å². The monoisotopic (exact) mass is 410 g/mol. The number of likely N-dealkylation sites (N-methyl/N-ethyl adjacent to an activating group) is 1. The van der Waals surface area contributed by atoms with Crippen LogP contribution in [0.4, 0.5) is 0 Å². The van der Waals surface area contributed by atoms with E-state index in [4.69, 9.17) is 9.05 Å². The van der Waals surface area contributed by atoms with E-state index >= 15 is 0 Å². The number of carbonyl (C=O) groups is 1. The molecule has 0 aromatic heterocycles. The van der Waals surface area contributed by atoms with Crippen LogP contribution in [0.2, 0.25) is 0 Å². The molecule has 0 aliphatic heterocycles. The molecule has 0 saturated heterocycles. The van der Waals surface area contributed by atoms with Crippen molar-refractivity contribution in [3.05, 3.63) is 0 Å². The zero-order chi connectivity index (χ0) is 20.9. The highest BCUT2D eigenvalue weighted by atomic mass is 31.2. The molecule has 0 saturated carbocycles. The Morgan fingerprint density at radius 1 is 1.15 bits per heavy atom. The maximum Gasteiger partial charge on any atom is 0.268 e. The van der Waals surface area contributed by atoms with Gasteiger partial charge in [0.2, 0.25) is 5.91 Å². The topological polar surface area (TPSA) is 108 Å². The maximum absolute atomic E-state index is 12.0. The van der Waals surface area contributed by atoms with Crippen molar-refractivity contribution in [1.82, 2.24) is 5.32 Å². The first-order valence-electron chi connectivity index (χ1n) is 9.88. The third kappa shape index (κ3) is 15.1. The number of nitrogens with one attached hydrogen (secondary N) is 1. The van der Waals surface area contributed by atoms with Crippen LogP contribution < -0.4 is 10.2 Å². The largest absolute Gasteiger partial charge is 0.756 e. The number of quaternary nitrogens is 1. The van der Waals surface area contributed by atoms with Gasteiger partial charge in [-0.05, 0) is 12.8 Å². The molecular weight excluding hydrogens is 371 g/mol. The molecule has 9 heteroatoms. The van der Waals surface area contributed by atoms with Crippen molar-refractivity contribution in [3.63, 3.8) is 0 Å². The number of aliphatic hydroxyl groups is 1. The molecule has 0 aromatic carbocycles. The van der Waals surface area contributed by atoms with Gasteiger partial charge in [0.1, 0.15) is 13.2 Å². The molecule has 0 heterocycles. The number of aliphatic hydroxyl groups excluding tert-OH is 1. The first kappa shape index (κ1) is 26.5. The fourth-order valence-electron chi connectivity index (χ4n) is 2.31. The summed E-state index contributed by atoms with van der Waals surface area (Å²) in [4.78, 5) is 23.9. The van der Waals surface area contributed by atoms with E-state index in [1.165, 1.54) is 0 Å². The molecule has 0 aliphatic rings. The highest BCUT2D eigenvalue weighted by Gasteiger charge is 2.24. The van der Waals surface area contributed by atoms with E-state index in [1.807, 2.05) is 28.1 Å². The first-order valence-corrected chi connectivity index (χ1v) is 11.3. The summed E-state index contributed by atoms with van der Waals surface area (Å²) in [5, 5.41) is 13.1. The van der Waals surface area contributed by atoms with Crippen molar-refractivity contribution in [2.24, 2.45) is 0 Å². The molecule has 0 radical (unpaired) electrons. The minimum atomic E-state index is -4.49. The Bertz CT molecular complexity index is 456. The Hall–Kier alpha value is -0.500. The fraction of sp³-hybridized carbons (Fsp3) is 0.944. The van der Waals surface area contributed by atoms with E-state index in [1.54, 1.807) is 0 Å². The predicted octanol–water partition coefficient (Wildman–Crippen LogP) is 1.81. The molecule has 2 N–H and O–H groups in total. The summed E-state index contributed by atoms with van der Waals surface area (Å²) < 4.78 is 22.3. The minimum absolute atomic E-state index is 0.0108. The smallest absolute Gasteiger partial charge is 0.268 e. The van der Waals surface area contributed by atoms with Crippen molar-refractivity contribution < 1.29 is 32.9 Å². The van der Waals surface area contributed by atoms with Gasteiger partial charge in [0.25, 0.3) is 7.82 Å². The third-order valence-corrected chi connectivity index (χ3v) is 5.06. The molecule has 0 aromatic rings. The number of hydrogen-bond acceptors (Lipinski definition) is 6. The van der Waals surface area contributed by atoms with Crippen LogP contribution in [0.3, 0.4) is 0 Å². The molecule has 3 unspecified atom stereocenters. The van der Waals surface area contributed by atoms with Gasteiger partial charge in [-0.1, -0.05) is 39.5 Å². The van der Waals surface area contributed by atoms with Crippen LogP contribution in [0, 0.1) is 0 Å². The number of phosphoric acid groups is 1. The number of rotatable bonds is 16. The van der Waals surface area contributed by atoms with Crippen molar-refractivity contribution in [2.45, 2.75) is 70.9 Å². The lowest BCUT2D eigenvalue weighted by Gasteiger charge is -2.30. The SMILES string of the molecule is CCCCCC(O)C(COP(=O)([O-])OCC[N+](C)(C)C)NC(=O)CCCC. The van der Waals surface area contributed by atoms with Crippen LogP contribution in [0.1, 0.15) is 58.8 Å². The van der Waals surface area contributed by atoms with Crippen LogP contribution in [0.25, 0.3) is 0 Å². The third-order valence-electron chi connectivity index (χ3n) is 4.10. The van der Waals surface area contributed by atoms with Crippen LogP contribution in [-0.2, 0) is 18.4 Å². The van der Waals surface area contributed by atoms with E-state index < -0.39 is 20.0 Å². The number of nitrogens with zero attached hydrogens (tertiary/aromatic N) is 1. The van der Waals surface area contributed by atoms with Gasteiger partial charge in [0.05, 0.1) is 39.9 Å². The second-order valence-electron chi connectivity index (χ2n) is 7.93. The fourth-order valence-corrected chi connectivity index (χ4v) is 3.03. The summed E-state index contributed by atoms with van der Waals surface area (Å²) in [5.74, 6) is -0.216. The molecule has 8 nitrogen and oxygen atoms in total. The summed E-state index contributed by atoms with van der Waals surface area (Å²) in [5.41, 5.74) is 0. The number of unbranched alkanes of at least 4 members (excludes halogenated alkanes) is 3. The Labute approximate surface area is 164 Å². The quantitative estimate of drug-likeness (QED) is 0.228. The number of hydrogen-bond donors (Lipinski definition) is 2. The zero-order valence-electron chi connectivity index (χ0n) is 17.6. The normalized spacial score (nSPS) is 16.6. The van der Waals surface area contributed by atoms with E-state index in [9.17, 15) is 19.4 Å². The summed E-state index contributed by atoms with van der Waals surface area (Å²) in [7, 11) is 1.28. The van der Waals surface area contributed by atoms with Gasteiger partial charge in [0, 0.05) is 6.42 Å². The van der Waals surface area contributed by atoms with E-state index in [0.29, 0.717) is 23.9 Å². The Balaban J connectivity index is 4.66. The highest BCUT2D eigenvalue weighted by Crippen LogP contribution is 2.38. The zero-order valence-corrected chi connectivity index (χ0v) is 18.5. The lowest BCUT2D eigenvalue weighted by Crippen LogP contribution is -2.46. The van der Waals surface area contributed by atoms with Crippen LogP contribution >= 0.6 is 7.82 Å². The van der Waals surface area contributed by atoms with Gasteiger partial charge < -0.3 is 28.8 Å². The molecule has 162 valence electrons. The average Bonchev–Trinajstić information content (AvgIpc) is 2.55. The Kier molecular flexibility index (Phi) is 13.4. The van der Waals surface area contributed by atoms with Gasteiger partial charge in [-0.3, -0.25) is 9.36 Å². The standard InChI is InChI=1S/C18H39N2O6P/c1-6-8-10-11-17(21)16(19-18(22)12-9-7-2)15-26-27(23,24)25-14-13-20(3,4)5/h16-17,21H,6-15H2,1-5H3,(H-,19,22,23,24). The van der Waals surface area contributed by atoms with Gasteiger partial charge in [-0.15, -0.1) is 0 Å². The molecule has 1 amide bonds. The molecule has 0 spiro atoms. The predicted molar refractivity (Wildman–Crippen MR) is 104 cm³/mol. The van der Waals surface area contributed by atoms with Crippen molar-refractivity contribution >= 4 is 13.7 Å².